The van der Waals surface area contributed by atoms with Gasteiger partial charge in [0.1, 0.15) is 5.69 Å². The van der Waals surface area contributed by atoms with Crippen molar-refractivity contribution >= 4 is 11.4 Å². The highest BCUT2D eigenvalue weighted by molar-refractivity contribution is 5.63. The highest BCUT2D eigenvalue weighted by Crippen LogP contribution is 2.43. The van der Waals surface area contributed by atoms with Gasteiger partial charge in [0.15, 0.2) is 5.82 Å². The maximum absolute atomic E-state index is 13.7. The van der Waals surface area contributed by atoms with Gasteiger partial charge < -0.3 is 10.4 Å². The van der Waals surface area contributed by atoms with E-state index < -0.39 is 22.3 Å². The molecule has 18 heavy (non-hydrogen) atoms. The van der Waals surface area contributed by atoms with E-state index in [0.29, 0.717) is 6.42 Å². The number of para-hydroxylation sites is 1. The van der Waals surface area contributed by atoms with E-state index in [4.69, 9.17) is 0 Å². The number of aliphatic hydroxyl groups excluding tert-OH is 1. The van der Waals surface area contributed by atoms with E-state index >= 15 is 0 Å². The zero-order chi connectivity index (χ0) is 13.5. The van der Waals surface area contributed by atoms with Crippen LogP contribution in [0.1, 0.15) is 20.3 Å². The number of benzene rings is 1. The van der Waals surface area contributed by atoms with E-state index in [1.54, 1.807) is 0 Å². The average Bonchev–Trinajstić information content (AvgIpc) is 2.30. The van der Waals surface area contributed by atoms with Crippen molar-refractivity contribution in [3.05, 3.63) is 34.1 Å². The van der Waals surface area contributed by atoms with Crippen LogP contribution in [-0.4, -0.2) is 22.2 Å². The fourth-order valence-corrected chi connectivity index (χ4v) is 2.13. The molecule has 1 aromatic carbocycles. The molecule has 6 heteroatoms. The van der Waals surface area contributed by atoms with E-state index in [2.05, 4.69) is 5.32 Å². The Bertz CT molecular complexity index is 490. The smallest absolute Gasteiger partial charge is 0.295 e. The summed E-state index contributed by atoms with van der Waals surface area (Å²) in [5, 5.41) is 23.3. The first-order valence-corrected chi connectivity index (χ1v) is 5.71. The maximum atomic E-state index is 13.7. The molecule has 0 aliphatic heterocycles. The molecule has 0 radical (unpaired) electrons. The van der Waals surface area contributed by atoms with Gasteiger partial charge in [-0.2, -0.15) is 0 Å². The van der Waals surface area contributed by atoms with Gasteiger partial charge in [0.2, 0.25) is 0 Å². The lowest BCUT2D eigenvalue weighted by Gasteiger charge is -2.49. The van der Waals surface area contributed by atoms with Crippen LogP contribution in [0.2, 0.25) is 0 Å². The van der Waals surface area contributed by atoms with Crippen LogP contribution < -0.4 is 5.32 Å². The number of hydrogen-bond acceptors (Lipinski definition) is 4. The van der Waals surface area contributed by atoms with Crippen LogP contribution in [0.25, 0.3) is 0 Å². The molecule has 0 heterocycles. The summed E-state index contributed by atoms with van der Waals surface area (Å²) in [6.45, 7) is 3.68. The summed E-state index contributed by atoms with van der Waals surface area (Å²) in [7, 11) is 0. The molecule has 1 aliphatic rings. The quantitative estimate of drug-likeness (QED) is 0.641. The Labute approximate surface area is 104 Å². The lowest BCUT2D eigenvalue weighted by molar-refractivity contribution is -0.384. The second-order valence-electron chi connectivity index (χ2n) is 5.16. The van der Waals surface area contributed by atoms with Crippen LogP contribution in [0, 0.1) is 21.3 Å². The van der Waals surface area contributed by atoms with Crippen molar-refractivity contribution in [2.75, 3.05) is 5.32 Å². The summed E-state index contributed by atoms with van der Waals surface area (Å²) < 4.78 is 13.7. The predicted octanol–water partition coefficient (Wildman–Crippen LogP) is 2.31. The summed E-state index contributed by atoms with van der Waals surface area (Å²) in [6.07, 6.45) is -0.0146. The van der Waals surface area contributed by atoms with Crippen LogP contribution in [0.3, 0.4) is 0 Å². The number of nitrogens with zero attached hydrogens (tertiary/aromatic N) is 1. The maximum Gasteiger partial charge on any atom is 0.295 e. The molecule has 0 spiro atoms. The zero-order valence-electron chi connectivity index (χ0n) is 10.2. The third kappa shape index (κ3) is 1.92. The third-order valence-corrected chi connectivity index (χ3v) is 3.72. The van der Waals surface area contributed by atoms with Gasteiger partial charge in [-0.25, -0.2) is 4.39 Å². The second kappa shape index (κ2) is 4.20. The first kappa shape index (κ1) is 12.8. The molecular weight excluding hydrogens is 239 g/mol. The van der Waals surface area contributed by atoms with Gasteiger partial charge in [-0.3, -0.25) is 10.1 Å². The fourth-order valence-electron chi connectivity index (χ4n) is 2.13. The monoisotopic (exact) mass is 254 g/mol. The highest BCUT2D eigenvalue weighted by atomic mass is 19.1. The first-order chi connectivity index (χ1) is 8.34. The van der Waals surface area contributed by atoms with Crippen molar-refractivity contribution in [2.45, 2.75) is 32.4 Å². The Hall–Kier alpha value is -1.69. The molecule has 2 unspecified atom stereocenters. The standard InChI is InChI=1S/C12H15FN2O3/c1-12(2)9(6-10(12)16)14-11-7(13)4-3-5-8(11)15(17)18/h3-5,9-10,14,16H,6H2,1-2H3. The predicted molar refractivity (Wildman–Crippen MR) is 64.9 cm³/mol. The molecule has 2 rings (SSSR count). The van der Waals surface area contributed by atoms with Crippen molar-refractivity contribution in [3.63, 3.8) is 0 Å². The van der Waals surface area contributed by atoms with Crippen LogP contribution >= 0.6 is 0 Å². The van der Waals surface area contributed by atoms with Crippen LogP contribution in [-0.2, 0) is 0 Å². The van der Waals surface area contributed by atoms with Gasteiger partial charge in [-0.1, -0.05) is 19.9 Å². The molecule has 0 saturated heterocycles. The molecular formula is C12H15FN2O3. The Balaban J connectivity index is 2.27. The van der Waals surface area contributed by atoms with Crippen molar-refractivity contribution < 1.29 is 14.4 Å². The average molecular weight is 254 g/mol. The van der Waals surface area contributed by atoms with Crippen molar-refractivity contribution in [2.24, 2.45) is 5.41 Å². The lowest BCUT2D eigenvalue weighted by atomic mass is 9.64. The topological polar surface area (TPSA) is 75.4 Å². The van der Waals surface area contributed by atoms with Crippen molar-refractivity contribution in [1.29, 1.82) is 0 Å². The first-order valence-electron chi connectivity index (χ1n) is 5.71. The minimum atomic E-state index is -0.651. The normalized spacial score (nSPS) is 25.3. The van der Waals surface area contributed by atoms with E-state index in [0.717, 1.165) is 0 Å². The fraction of sp³-hybridized carbons (Fsp3) is 0.500. The van der Waals surface area contributed by atoms with Gasteiger partial charge >= 0.3 is 0 Å². The Morgan fingerprint density at radius 3 is 2.72 bits per heavy atom. The molecule has 1 aromatic rings. The third-order valence-electron chi connectivity index (χ3n) is 3.72. The van der Waals surface area contributed by atoms with Crippen molar-refractivity contribution in [3.8, 4) is 0 Å². The van der Waals surface area contributed by atoms with Gasteiger partial charge in [0.25, 0.3) is 5.69 Å². The van der Waals surface area contributed by atoms with E-state index in [9.17, 15) is 19.6 Å². The Kier molecular flexibility index (Phi) is 2.98. The summed E-state index contributed by atoms with van der Waals surface area (Å²) >= 11 is 0. The molecule has 98 valence electrons. The summed E-state index contributed by atoms with van der Waals surface area (Å²) in [6, 6.07) is 3.56. The summed E-state index contributed by atoms with van der Waals surface area (Å²) in [5.41, 5.74) is -0.810. The van der Waals surface area contributed by atoms with E-state index in [-0.39, 0.29) is 17.4 Å². The molecule has 1 aliphatic carbocycles. The minimum Gasteiger partial charge on any atom is -0.392 e. The number of hydrogen-bond donors (Lipinski definition) is 2. The zero-order valence-corrected chi connectivity index (χ0v) is 10.2. The minimum absolute atomic E-state index is 0.104. The molecule has 2 N–H and O–H groups in total. The highest BCUT2D eigenvalue weighted by Gasteiger charge is 2.48. The molecule has 0 amide bonds. The number of nitro benzene ring substituents is 1. The van der Waals surface area contributed by atoms with E-state index in [1.165, 1.54) is 18.2 Å². The van der Waals surface area contributed by atoms with Crippen molar-refractivity contribution in [1.82, 2.24) is 0 Å². The molecule has 0 bridgehead atoms. The van der Waals surface area contributed by atoms with E-state index in [1.807, 2.05) is 13.8 Å². The van der Waals surface area contributed by atoms with Gasteiger partial charge in [0.05, 0.1) is 11.0 Å². The Morgan fingerprint density at radius 2 is 2.22 bits per heavy atom. The van der Waals surface area contributed by atoms with Crippen LogP contribution in [0.4, 0.5) is 15.8 Å². The number of aliphatic hydroxyl groups is 1. The number of anilines is 1. The Morgan fingerprint density at radius 1 is 1.56 bits per heavy atom. The second-order valence-corrected chi connectivity index (χ2v) is 5.16. The molecule has 2 atom stereocenters. The molecule has 5 nitrogen and oxygen atoms in total. The molecule has 1 fully saturated rings. The summed E-state index contributed by atoms with van der Waals surface area (Å²) in [4.78, 5) is 10.2. The van der Waals surface area contributed by atoms with Gasteiger partial charge in [-0.05, 0) is 12.5 Å². The van der Waals surface area contributed by atoms with Gasteiger partial charge in [-0.15, -0.1) is 0 Å². The molecule has 1 saturated carbocycles. The SMILES string of the molecule is CC1(C)C(O)CC1Nc1c(F)cccc1[N+](=O)[O-]. The van der Waals surface area contributed by atoms with Gasteiger partial charge in [0, 0.05) is 17.5 Å². The van der Waals surface area contributed by atoms with Crippen LogP contribution in [0.5, 0.6) is 0 Å². The number of nitro groups is 1. The number of nitrogens with one attached hydrogen (secondary N) is 1. The lowest BCUT2D eigenvalue weighted by Crippen LogP contribution is -2.57. The number of halogens is 1. The molecule has 0 aromatic heterocycles. The summed E-state index contributed by atoms with van der Waals surface area (Å²) in [5.74, 6) is -0.651. The number of rotatable bonds is 3. The largest absolute Gasteiger partial charge is 0.392 e. The van der Waals surface area contributed by atoms with Crippen LogP contribution in [0.15, 0.2) is 18.2 Å².